The zero-order valence-corrected chi connectivity index (χ0v) is 14.4. The predicted molar refractivity (Wildman–Crippen MR) is 166 cm³/mol. The maximum atomic E-state index is 10.9. The van der Waals surface area contributed by atoms with Gasteiger partial charge in [0.2, 0.25) is 0 Å². The van der Waals surface area contributed by atoms with E-state index in [1.165, 1.54) is 0 Å². The summed E-state index contributed by atoms with van der Waals surface area (Å²) < 4.78 is 40.4. The van der Waals surface area contributed by atoms with Gasteiger partial charge in [0.05, 0.1) is 13.2 Å². The molecule has 0 spiro atoms. The van der Waals surface area contributed by atoms with Gasteiger partial charge in [-0.1, -0.05) is 102 Å². The normalized spacial score (nSPS) is 7.03. The van der Waals surface area contributed by atoms with Gasteiger partial charge in [-0.15, -0.1) is 9.05 Å². The summed E-state index contributed by atoms with van der Waals surface area (Å²) >= 11 is 0. The van der Waals surface area contributed by atoms with Crippen LogP contribution in [0.25, 0.3) is 0 Å². The van der Waals surface area contributed by atoms with Crippen molar-refractivity contribution in [2.45, 2.75) is 96.5 Å². The monoisotopic (exact) mass is 541 g/mol. The van der Waals surface area contributed by atoms with Crippen LogP contribution in [0.5, 0.6) is 0 Å². The van der Waals surface area contributed by atoms with E-state index in [0.29, 0.717) is 32.6 Å². The zero-order chi connectivity index (χ0) is 15.6. The molecular formula is C23H78N2O6P2+2. The van der Waals surface area contributed by atoms with Crippen molar-refractivity contribution in [3.63, 3.8) is 0 Å². The highest BCUT2D eigenvalue weighted by molar-refractivity contribution is 7.39. The lowest BCUT2D eigenvalue weighted by Crippen LogP contribution is -2.10. The van der Waals surface area contributed by atoms with Crippen molar-refractivity contribution in [1.82, 2.24) is 10.4 Å². The lowest BCUT2D eigenvalue weighted by atomic mass is 10.8. The van der Waals surface area contributed by atoms with E-state index in [9.17, 15) is 9.13 Å². The number of hydrogen-bond donors (Lipinski definition) is 2. The minimum atomic E-state index is -1.67. The molecule has 0 heterocycles. The van der Waals surface area contributed by atoms with Crippen LogP contribution >= 0.6 is 16.2 Å². The van der Waals surface area contributed by atoms with Crippen molar-refractivity contribution >= 4 is 16.2 Å². The molecule has 224 valence electrons. The van der Waals surface area contributed by atoms with Gasteiger partial charge in [0.15, 0.2) is 6.16 Å². The number of methoxy groups -OCH3 is 2. The third-order valence-electron chi connectivity index (χ3n) is 1.75. The van der Waals surface area contributed by atoms with E-state index in [1.54, 1.807) is 21.3 Å². The van der Waals surface area contributed by atoms with Crippen LogP contribution in [-0.2, 0) is 27.7 Å². The van der Waals surface area contributed by atoms with Gasteiger partial charge < -0.3 is 14.8 Å². The van der Waals surface area contributed by atoms with Crippen LogP contribution in [-0.4, -0.2) is 67.4 Å². The molecule has 0 aliphatic rings. The molecule has 0 rings (SSSR count). The highest BCUT2D eigenvalue weighted by Gasteiger charge is 2.14. The zero-order valence-electron chi connectivity index (χ0n) is 12.6. The third kappa shape index (κ3) is 113. The molecule has 0 bridgehead atoms. The minimum Gasteiger partial charge on any atom is -0.382 e. The third-order valence-corrected chi connectivity index (χ3v) is 3.59. The summed E-state index contributed by atoms with van der Waals surface area (Å²) in [6.07, 6.45) is 0.565. The SMILES string of the molecule is C.C.C.C.C.C.C.C.C.C.C.C.C.CNCC[P+](=O)OCCOC.CN[P+](=O)OCCOC. The highest BCUT2D eigenvalue weighted by Crippen LogP contribution is 2.19. The Bertz CT molecular complexity index is 255. The first-order chi connectivity index (χ1) is 9.62. The minimum absolute atomic E-state index is 0. The maximum Gasteiger partial charge on any atom is 0.612 e. The molecule has 33 heavy (non-hydrogen) atoms. The molecule has 2 unspecified atom stereocenters. The number of ether oxygens (including phenoxy) is 2. The van der Waals surface area contributed by atoms with Gasteiger partial charge in [0.25, 0.3) is 0 Å². The van der Waals surface area contributed by atoms with Crippen LogP contribution in [0.1, 0.15) is 96.5 Å². The summed E-state index contributed by atoms with van der Waals surface area (Å²) in [6.45, 7) is 2.48. The second-order valence-corrected chi connectivity index (χ2v) is 5.88. The van der Waals surface area contributed by atoms with E-state index >= 15 is 0 Å². The van der Waals surface area contributed by atoms with Crippen molar-refractivity contribution in [2.24, 2.45) is 0 Å². The molecule has 2 atom stereocenters. The van der Waals surface area contributed by atoms with Gasteiger partial charge in [0, 0.05) is 27.8 Å². The van der Waals surface area contributed by atoms with E-state index in [1.807, 2.05) is 7.05 Å². The number of nitrogens with one attached hydrogen (secondary N) is 2. The summed E-state index contributed by atoms with van der Waals surface area (Å²) in [5, 5.41) is 5.35. The molecule has 0 aromatic carbocycles. The molecule has 0 saturated carbocycles. The smallest absolute Gasteiger partial charge is 0.382 e. The molecule has 0 radical (unpaired) electrons. The Hall–Kier alpha value is -0.0400. The first kappa shape index (κ1) is 104. The van der Waals surface area contributed by atoms with Gasteiger partial charge in [0.1, 0.15) is 13.2 Å². The molecule has 8 nitrogen and oxygen atoms in total. The van der Waals surface area contributed by atoms with E-state index in [0.717, 1.165) is 6.54 Å². The average molecular weight is 541 g/mol. The summed E-state index contributed by atoms with van der Waals surface area (Å²) in [4.78, 5) is 0. The van der Waals surface area contributed by atoms with Crippen LogP contribution in [0, 0.1) is 0 Å². The van der Waals surface area contributed by atoms with Gasteiger partial charge in [-0.3, -0.25) is 0 Å². The maximum absolute atomic E-state index is 10.9. The van der Waals surface area contributed by atoms with Gasteiger partial charge >= 0.3 is 16.2 Å². The van der Waals surface area contributed by atoms with Gasteiger partial charge in [-0.25, -0.2) is 0 Å². The standard InChI is InChI=1S/C6H15NO3P.C4H11NO3P.13CH4/c1-7-3-6-11(8)10-5-4-9-2;1-5-9(6)8-4-3-7-2;;;;;;;;;;;;;/h7H,3-6H2,1-2H3;3-4H2,1-2H3,(H,5,6);13*1H4/q2*+1;;;;;;;;;;;;;. The van der Waals surface area contributed by atoms with Crippen LogP contribution in [0.15, 0.2) is 0 Å². The Labute approximate surface area is 218 Å². The Morgan fingerprint density at radius 3 is 1.18 bits per heavy atom. The van der Waals surface area contributed by atoms with Crippen LogP contribution in [0.4, 0.5) is 0 Å². The van der Waals surface area contributed by atoms with Crippen LogP contribution < -0.4 is 10.4 Å². The Balaban J connectivity index is -0.0000000109. The molecule has 10 heteroatoms. The second-order valence-electron chi connectivity index (χ2n) is 3.29. The Kier molecular flexibility index (Phi) is 300. The molecule has 0 saturated heterocycles. The molecule has 0 aliphatic heterocycles. The largest absolute Gasteiger partial charge is 0.612 e. The first-order valence-electron chi connectivity index (χ1n) is 6.09. The fraction of sp³-hybridized carbons (Fsp3) is 1.00. The predicted octanol–water partition coefficient (Wildman–Crippen LogP) is 9.41. The molecule has 2 N–H and O–H groups in total. The van der Waals surface area contributed by atoms with Crippen molar-refractivity contribution in [1.29, 1.82) is 0 Å². The van der Waals surface area contributed by atoms with E-state index in [-0.39, 0.29) is 96.5 Å². The van der Waals surface area contributed by atoms with Crippen molar-refractivity contribution < 1.29 is 27.7 Å². The molecule has 0 aliphatic carbocycles. The lowest BCUT2D eigenvalue weighted by molar-refractivity contribution is 0.149. The molecular weight excluding hydrogens is 462 g/mol. The van der Waals surface area contributed by atoms with Gasteiger partial charge in [-0.05, 0) is 16.2 Å². The Morgan fingerprint density at radius 2 is 0.909 bits per heavy atom. The van der Waals surface area contributed by atoms with E-state index in [2.05, 4.69) is 15.1 Å². The second kappa shape index (κ2) is 95.0. The van der Waals surface area contributed by atoms with Crippen LogP contribution in [0.2, 0.25) is 0 Å². The molecule has 0 aromatic heterocycles. The van der Waals surface area contributed by atoms with E-state index < -0.39 is 16.2 Å². The lowest BCUT2D eigenvalue weighted by Gasteiger charge is -1.91. The molecule has 0 amide bonds. The molecule has 0 aromatic rings. The molecule has 0 fully saturated rings. The summed E-state index contributed by atoms with van der Waals surface area (Å²) in [5.74, 6) is 0. The Morgan fingerprint density at radius 1 is 0.576 bits per heavy atom. The first-order valence-corrected chi connectivity index (χ1v) is 8.64. The fourth-order valence-corrected chi connectivity index (χ4v) is 1.94. The number of rotatable bonds is 12. The number of hydrogen-bond acceptors (Lipinski definition) is 7. The average Bonchev–Trinajstić information content (AvgIpc) is 2.46. The quantitative estimate of drug-likeness (QED) is 0.187. The van der Waals surface area contributed by atoms with E-state index in [4.69, 9.17) is 13.8 Å². The van der Waals surface area contributed by atoms with Crippen molar-refractivity contribution in [2.75, 3.05) is 67.4 Å². The summed E-state index contributed by atoms with van der Waals surface area (Å²) in [7, 11) is 3.38. The topological polar surface area (TPSA) is 95.1 Å². The fourth-order valence-electron chi connectivity index (χ4n) is 0.758. The van der Waals surface area contributed by atoms with Crippen LogP contribution in [0.3, 0.4) is 0 Å². The van der Waals surface area contributed by atoms with Crippen molar-refractivity contribution in [3.8, 4) is 0 Å². The van der Waals surface area contributed by atoms with Gasteiger partial charge in [-0.2, -0.15) is 0 Å². The van der Waals surface area contributed by atoms with Crippen molar-refractivity contribution in [3.05, 3.63) is 0 Å². The summed E-state index contributed by atoms with van der Waals surface area (Å²) in [5.41, 5.74) is 0. The summed E-state index contributed by atoms with van der Waals surface area (Å²) in [6, 6.07) is 0. The highest BCUT2D eigenvalue weighted by atomic mass is 31.1.